The molecule has 1 aliphatic rings. The molecule has 0 aromatic rings. The average Bonchev–Trinajstić information content (AvgIpc) is 2.92. The molecule has 1 aliphatic heterocycles. The van der Waals surface area contributed by atoms with Gasteiger partial charge in [0, 0.05) is 25.7 Å². The molecular weight excluding hydrogens is 304 g/mol. The minimum Gasteiger partial charge on any atom is -0.432 e. The van der Waals surface area contributed by atoms with Crippen LogP contribution in [-0.2, 0) is 28.5 Å². The van der Waals surface area contributed by atoms with Crippen molar-refractivity contribution >= 4 is 35.5 Å². The lowest BCUT2D eigenvalue weighted by atomic mass is 10.3. The van der Waals surface area contributed by atoms with Gasteiger partial charge in [0.15, 0.2) is 18.2 Å². The molecule has 0 bridgehead atoms. The molecule has 1 fully saturated rings. The van der Waals surface area contributed by atoms with Crippen LogP contribution >= 0.6 is 23.5 Å². The summed E-state index contributed by atoms with van der Waals surface area (Å²) in [4.78, 5) is 24.2. The first kappa shape index (κ1) is 17.4. The van der Waals surface area contributed by atoms with E-state index in [9.17, 15) is 9.59 Å². The molecule has 114 valence electrons. The monoisotopic (exact) mass is 322 g/mol. The summed E-state index contributed by atoms with van der Waals surface area (Å²) in [6, 6.07) is 0. The van der Waals surface area contributed by atoms with E-state index in [-0.39, 0.29) is 5.57 Å². The van der Waals surface area contributed by atoms with Gasteiger partial charge in [-0.1, -0.05) is 0 Å². The van der Waals surface area contributed by atoms with E-state index in [1.165, 1.54) is 37.7 Å². The van der Waals surface area contributed by atoms with Crippen LogP contribution in [0.4, 0.5) is 0 Å². The molecule has 2 unspecified atom stereocenters. The lowest BCUT2D eigenvalue weighted by molar-refractivity contribution is -0.173. The molecule has 20 heavy (non-hydrogen) atoms. The molecular formula is C12H18O6S2. The summed E-state index contributed by atoms with van der Waals surface area (Å²) in [5.41, 5.74) is -0.0923. The molecule has 0 spiro atoms. The fourth-order valence-corrected chi connectivity index (χ4v) is 3.71. The van der Waals surface area contributed by atoms with E-state index in [1.807, 2.05) is 0 Å². The lowest BCUT2D eigenvalue weighted by Crippen LogP contribution is -2.26. The van der Waals surface area contributed by atoms with Gasteiger partial charge in [-0.15, -0.1) is 23.5 Å². The summed E-state index contributed by atoms with van der Waals surface area (Å²) in [6.07, 6.45) is -1.47. The van der Waals surface area contributed by atoms with Gasteiger partial charge in [-0.2, -0.15) is 0 Å². The van der Waals surface area contributed by atoms with Crippen molar-refractivity contribution in [1.29, 1.82) is 0 Å². The normalized spacial score (nSPS) is 17.5. The van der Waals surface area contributed by atoms with Crippen molar-refractivity contribution in [2.24, 2.45) is 0 Å². The van der Waals surface area contributed by atoms with Gasteiger partial charge in [0.1, 0.15) is 0 Å². The third-order valence-electron chi connectivity index (χ3n) is 2.37. The number of ether oxygens (including phenoxy) is 4. The third-order valence-corrected chi connectivity index (χ3v) is 5.09. The van der Waals surface area contributed by atoms with Crippen molar-refractivity contribution < 1.29 is 28.5 Å². The maximum absolute atomic E-state index is 12.1. The number of carbonyl (C=O) groups is 2. The summed E-state index contributed by atoms with van der Waals surface area (Å²) in [7, 11) is 2.82. The van der Waals surface area contributed by atoms with Crippen LogP contribution < -0.4 is 0 Å². The number of hydrogen-bond donors (Lipinski definition) is 0. The van der Waals surface area contributed by atoms with Crippen LogP contribution in [0, 0.1) is 0 Å². The highest BCUT2D eigenvalue weighted by Crippen LogP contribution is 2.39. The number of carbonyl (C=O) groups excluding carboxylic acids is 2. The quantitative estimate of drug-likeness (QED) is 0.241. The smallest absolute Gasteiger partial charge is 0.349 e. The Balaban J connectivity index is 2.89. The minimum atomic E-state index is -0.746. The SMILES string of the molecule is COC(C)OC(=O)C(C(=O)OC(C)OC)=C1SCCS1. The van der Waals surface area contributed by atoms with Crippen molar-refractivity contribution in [1.82, 2.24) is 0 Å². The predicted molar refractivity (Wildman–Crippen MR) is 77.1 cm³/mol. The highest BCUT2D eigenvalue weighted by molar-refractivity contribution is 8.25. The van der Waals surface area contributed by atoms with Gasteiger partial charge in [0.05, 0.1) is 4.24 Å². The van der Waals surface area contributed by atoms with Crippen LogP contribution in [0.3, 0.4) is 0 Å². The number of hydrogen-bond acceptors (Lipinski definition) is 8. The van der Waals surface area contributed by atoms with E-state index in [0.717, 1.165) is 11.5 Å². The highest BCUT2D eigenvalue weighted by Gasteiger charge is 2.31. The molecule has 2 atom stereocenters. The van der Waals surface area contributed by atoms with Crippen LogP contribution in [0.15, 0.2) is 9.81 Å². The molecule has 0 aromatic carbocycles. The van der Waals surface area contributed by atoms with Crippen molar-refractivity contribution in [3.63, 3.8) is 0 Å². The largest absolute Gasteiger partial charge is 0.432 e. The Labute approximate surface area is 126 Å². The van der Waals surface area contributed by atoms with Gasteiger partial charge < -0.3 is 18.9 Å². The zero-order chi connectivity index (χ0) is 15.1. The average molecular weight is 322 g/mol. The Morgan fingerprint density at radius 1 is 0.950 bits per heavy atom. The highest BCUT2D eigenvalue weighted by atomic mass is 32.2. The van der Waals surface area contributed by atoms with E-state index in [2.05, 4.69) is 0 Å². The summed E-state index contributed by atoms with van der Waals surface area (Å²) in [6.45, 7) is 3.14. The van der Waals surface area contributed by atoms with Crippen molar-refractivity contribution in [2.45, 2.75) is 26.4 Å². The second-order valence-electron chi connectivity index (χ2n) is 3.78. The Kier molecular flexibility index (Phi) is 7.42. The second kappa shape index (κ2) is 8.56. The summed E-state index contributed by atoms with van der Waals surface area (Å²) in [5.74, 6) is 0.182. The first-order valence-electron chi connectivity index (χ1n) is 5.97. The standard InChI is InChI=1S/C12H18O6S2/c1-7(15-3)17-10(13)9(12-19-5-6-20-12)11(14)18-8(2)16-4/h7-8H,5-6H2,1-4H3. The van der Waals surface area contributed by atoms with Gasteiger partial charge in [-0.3, -0.25) is 0 Å². The minimum absolute atomic E-state index is 0.0923. The molecule has 0 radical (unpaired) electrons. The summed E-state index contributed by atoms with van der Waals surface area (Å²) < 4.78 is 20.4. The lowest BCUT2D eigenvalue weighted by Gasteiger charge is -2.16. The molecule has 0 aromatic heterocycles. The molecule has 1 rings (SSSR count). The number of thioether (sulfide) groups is 2. The van der Waals surface area contributed by atoms with E-state index in [0.29, 0.717) is 4.24 Å². The van der Waals surface area contributed by atoms with Gasteiger partial charge in [-0.25, -0.2) is 9.59 Å². The Morgan fingerprint density at radius 2 is 1.35 bits per heavy atom. The van der Waals surface area contributed by atoms with Gasteiger partial charge in [-0.05, 0) is 13.8 Å². The molecule has 0 saturated carbocycles. The first-order valence-corrected chi connectivity index (χ1v) is 7.94. The number of rotatable bonds is 6. The Morgan fingerprint density at radius 3 is 1.70 bits per heavy atom. The first-order chi connectivity index (χ1) is 9.49. The van der Waals surface area contributed by atoms with Crippen molar-refractivity contribution in [3.05, 3.63) is 9.81 Å². The van der Waals surface area contributed by atoms with E-state index in [1.54, 1.807) is 13.8 Å². The molecule has 0 N–H and O–H groups in total. The zero-order valence-corrected chi connectivity index (χ0v) is 13.5. The number of esters is 2. The van der Waals surface area contributed by atoms with Crippen LogP contribution in [0.25, 0.3) is 0 Å². The molecule has 1 heterocycles. The summed E-state index contributed by atoms with van der Waals surface area (Å²) >= 11 is 2.87. The second-order valence-corrected chi connectivity index (χ2v) is 6.25. The molecule has 0 amide bonds. The van der Waals surface area contributed by atoms with Crippen molar-refractivity contribution in [3.8, 4) is 0 Å². The predicted octanol–water partition coefficient (Wildman–Crippen LogP) is 1.75. The molecule has 8 heteroatoms. The van der Waals surface area contributed by atoms with Crippen LogP contribution in [-0.4, -0.2) is 50.2 Å². The fraction of sp³-hybridized carbons (Fsp3) is 0.667. The third kappa shape index (κ3) is 5.01. The Hall–Kier alpha value is -0.700. The van der Waals surface area contributed by atoms with Crippen LogP contribution in [0.1, 0.15) is 13.8 Å². The van der Waals surface area contributed by atoms with Crippen LogP contribution in [0.2, 0.25) is 0 Å². The topological polar surface area (TPSA) is 71.1 Å². The zero-order valence-electron chi connectivity index (χ0n) is 11.8. The van der Waals surface area contributed by atoms with E-state index in [4.69, 9.17) is 18.9 Å². The van der Waals surface area contributed by atoms with Gasteiger partial charge in [0.2, 0.25) is 0 Å². The van der Waals surface area contributed by atoms with Gasteiger partial charge >= 0.3 is 11.9 Å². The summed E-state index contributed by atoms with van der Waals surface area (Å²) in [5, 5.41) is 0. The number of methoxy groups -OCH3 is 2. The molecule has 1 saturated heterocycles. The van der Waals surface area contributed by atoms with E-state index >= 15 is 0 Å². The maximum atomic E-state index is 12.1. The Bertz CT molecular complexity index is 361. The van der Waals surface area contributed by atoms with Gasteiger partial charge in [0.25, 0.3) is 0 Å². The fourth-order valence-electron chi connectivity index (χ4n) is 1.22. The van der Waals surface area contributed by atoms with E-state index < -0.39 is 24.5 Å². The van der Waals surface area contributed by atoms with Crippen molar-refractivity contribution in [2.75, 3.05) is 25.7 Å². The molecule has 6 nitrogen and oxygen atoms in total. The molecule has 0 aliphatic carbocycles. The van der Waals surface area contributed by atoms with Crippen LogP contribution in [0.5, 0.6) is 0 Å². The maximum Gasteiger partial charge on any atom is 0.349 e.